The van der Waals surface area contributed by atoms with Crippen LogP contribution in [0.1, 0.15) is 35.7 Å². The quantitative estimate of drug-likeness (QED) is 0.778. The first-order chi connectivity index (χ1) is 12.3. The van der Waals surface area contributed by atoms with Gasteiger partial charge in [0.15, 0.2) is 0 Å². The highest BCUT2D eigenvalue weighted by molar-refractivity contribution is 5.90. The summed E-state index contributed by atoms with van der Waals surface area (Å²) in [4.78, 5) is 22.6. The number of aromatic nitrogens is 2. The molecule has 0 saturated carbocycles. The van der Waals surface area contributed by atoms with Crippen molar-refractivity contribution in [2.75, 3.05) is 5.32 Å². The summed E-state index contributed by atoms with van der Waals surface area (Å²) in [6, 6.07) is 1.65. The molecule has 0 radical (unpaired) electrons. The average molecular weight is 366 g/mol. The number of nitrogens with one attached hydrogen (secondary N) is 1. The van der Waals surface area contributed by atoms with Gasteiger partial charge in [-0.25, -0.2) is 19.2 Å². The number of benzene rings is 1. The fourth-order valence-corrected chi connectivity index (χ4v) is 3.74. The van der Waals surface area contributed by atoms with E-state index in [0.717, 1.165) is 30.2 Å². The Hall–Kier alpha value is -2.71. The number of carbonyl (C=O) groups excluding carboxylic acids is 1. The van der Waals surface area contributed by atoms with Crippen molar-refractivity contribution in [3.63, 3.8) is 0 Å². The first-order valence-corrected chi connectivity index (χ1v) is 8.09. The average Bonchev–Trinajstić information content (AvgIpc) is 2.91. The third-order valence-corrected chi connectivity index (χ3v) is 4.88. The van der Waals surface area contributed by atoms with Gasteiger partial charge in [-0.3, -0.25) is 0 Å². The zero-order valence-corrected chi connectivity index (χ0v) is 13.4. The monoisotopic (exact) mass is 366 g/mol. The largest absolute Gasteiger partial charge is 0.419 e. The fraction of sp³-hybridized carbons (Fsp3) is 0.353. The Morgan fingerprint density at radius 1 is 1.27 bits per heavy atom. The summed E-state index contributed by atoms with van der Waals surface area (Å²) >= 11 is 0. The second kappa shape index (κ2) is 5.93. The molecule has 26 heavy (non-hydrogen) atoms. The molecule has 4 rings (SSSR count). The Kier molecular flexibility index (Phi) is 3.82. The van der Waals surface area contributed by atoms with Crippen LogP contribution in [0.5, 0.6) is 0 Å². The van der Waals surface area contributed by atoms with Gasteiger partial charge in [0.05, 0.1) is 17.3 Å². The summed E-state index contributed by atoms with van der Waals surface area (Å²) in [7, 11) is 0. The molecule has 1 aromatic carbocycles. The van der Waals surface area contributed by atoms with Crippen LogP contribution in [0.3, 0.4) is 0 Å². The van der Waals surface area contributed by atoms with E-state index in [1.54, 1.807) is 11.1 Å². The molecule has 9 heteroatoms. The predicted octanol–water partition coefficient (Wildman–Crippen LogP) is 3.93. The minimum atomic E-state index is -4.83. The second-order valence-electron chi connectivity index (χ2n) is 6.41. The van der Waals surface area contributed by atoms with E-state index in [0.29, 0.717) is 18.6 Å². The topological polar surface area (TPSA) is 58.1 Å². The molecule has 2 amide bonds. The standard InChI is InChI=1S/C17H14F4N4O/c18-13-3-1-9(5-12(13)17(19,20)21)24-16(26)25-10-2-4-15(25)11-7-22-8-23-14(11)6-10/h1,3,5,7-8,10,15H,2,4,6H2,(H,24,26)/t10-,15+/m0/s1. The van der Waals surface area contributed by atoms with Crippen LogP contribution in [-0.4, -0.2) is 26.9 Å². The highest BCUT2D eigenvalue weighted by atomic mass is 19.4. The van der Waals surface area contributed by atoms with Gasteiger partial charge in [-0.2, -0.15) is 13.2 Å². The lowest BCUT2D eigenvalue weighted by Gasteiger charge is -2.35. The Balaban J connectivity index is 1.59. The Labute approximate surface area is 146 Å². The van der Waals surface area contributed by atoms with E-state index in [1.165, 1.54) is 6.33 Å². The van der Waals surface area contributed by atoms with Gasteiger partial charge >= 0.3 is 12.2 Å². The van der Waals surface area contributed by atoms with Gasteiger partial charge in [0.2, 0.25) is 0 Å². The van der Waals surface area contributed by atoms with Crippen molar-refractivity contribution in [2.24, 2.45) is 0 Å². The van der Waals surface area contributed by atoms with Crippen LogP contribution in [0.2, 0.25) is 0 Å². The van der Waals surface area contributed by atoms with Gasteiger partial charge in [-0.05, 0) is 31.0 Å². The van der Waals surface area contributed by atoms with E-state index < -0.39 is 23.6 Å². The van der Waals surface area contributed by atoms with Crippen molar-refractivity contribution in [1.29, 1.82) is 0 Å². The molecule has 1 aromatic heterocycles. The lowest BCUT2D eigenvalue weighted by Crippen LogP contribution is -2.44. The van der Waals surface area contributed by atoms with Crippen molar-refractivity contribution >= 4 is 11.7 Å². The highest BCUT2D eigenvalue weighted by Crippen LogP contribution is 2.43. The second-order valence-corrected chi connectivity index (χ2v) is 6.41. The van der Waals surface area contributed by atoms with Crippen LogP contribution < -0.4 is 5.32 Å². The number of amides is 2. The maximum atomic E-state index is 13.4. The molecule has 2 atom stereocenters. The van der Waals surface area contributed by atoms with E-state index in [9.17, 15) is 22.4 Å². The fourth-order valence-electron chi connectivity index (χ4n) is 3.74. The molecule has 2 bridgehead atoms. The molecule has 3 heterocycles. The number of nitrogens with zero attached hydrogens (tertiary/aromatic N) is 3. The van der Waals surface area contributed by atoms with Crippen LogP contribution in [0.15, 0.2) is 30.7 Å². The molecule has 1 N–H and O–H groups in total. The molecule has 2 aromatic rings. The third-order valence-electron chi connectivity index (χ3n) is 4.88. The number of hydrogen-bond acceptors (Lipinski definition) is 3. The van der Waals surface area contributed by atoms with Crippen LogP contribution in [0.4, 0.5) is 28.0 Å². The van der Waals surface area contributed by atoms with Crippen molar-refractivity contribution < 1.29 is 22.4 Å². The van der Waals surface area contributed by atoms with Gasteiger partial charge in [0.1, 0.15) is 12.1 Å². The number of fused-ring (bicyclic) bond motifs is 4. The van der Waals surface area contributed by atoms with Gasteiger partial charge in [0.25, 0.3) is 0 Å². The van der Waals surface area contributed by atoms with E-state index >= 15 is 0 Å². The highest BCUT2D eigenvalue weighted by Gasteiger charge is 2.43. The predicted molar refractivity (Wildman–Crippen MR) is 83.8 cm³/mol. The molecule has 1 fully saturated rings. The van der Waals surface area contributed by atoms with E-state index in [1.807, 2.05) is 0 Å². The van der Waals surface area contributed by atoms with Crippen LogP contribution in [0.25, 0.3) is 0 Å². The minimum Gasteiger partial charge on any atom is -0.314 e. The van der Waals surface area contributed by atoms with E-state index in [-0.39, 0.29) is 17.8 Å². The molecule has 0 spiro atoms. The molecular formula is C17H14F4N4O. The zero-order valence-electron chi connectivity index (χ0n) is 13.4. The number of carbonyl (C=O) groups is 1. The van der Waals surface area contributed by atoms with Crippen molar-refractivity contribution in [3.8, 4) is 0 Å². The molecule has 1 saturated heterocycles. The van der Waals surface area contributed by atoms with Gasteiger partial charge < -0.3 is 10.2 Å². The number of anilines is 1. The minimum absolute atomic E-state index is 0.0649. The van der Waals surface area contributed by atoms with E-state index in [2.05, 4.69) is 15.3 Å². The number of urea groups is 1. The smallest absolute Gasteiger partial charge is 0.314 e. The first kappa shape index (κ1) is 16.7. The molecular weight excluding hydrogens is 352 g/mol. The van der Waals surface area contributed by atoms with Crippen LogP contribution >= 0.6 is 0 Å². The van der Waals surface area contributed by atoms with Gasteiger partial charge in [-0.1, -0.05) is 0 Å². The van der Waals surface area contributed by atoms with Gasteiger partial charge in [0, 0.05) is 29.9 Å². The summed E-state index contributed by atoms with van der Waals surface area (Å²) in [6.45, 7) is 0. The molecule has 136 valence electrons. The van der Waals surface area contributed by atoms with E-state index in [4.69, 9.17) is 0 Å². The molecule has 2 aliphatic heterocycles. The number of rotatable bonds is 1. The summed E-state index contributed by atoms with van der Waals surface area (Å²) < 4.78 is 51.9. The number of halogens is 4. The first-order valence-electron chi connectivity index (χ1n) is 8.09. The van der Waals surface area contributed by atoms with Crippen molar-refractivity contribution in [2.45, 2.75) is 37.5 Å². The lowest BCUT2D eigenvalue weighted by atomic mass is 10.00. The summed E-state index contributed by atoms with van der Waals surface area (Å²) in [5.74, 6) is -1.38. The third kappa shape index (κ3) is 2.77. The zero-order chi connectivity index (χ0) is 18.5. The van der Waals surface area contributed by atoms with Crippen LogP contribution in [-0.2, 0) is 12.6 Å². The summed E-state index contributed by atoms with van der Waals surface area (Å²) in [5.41, 5.74) is 0.262. The Morgan fingerprint density at radius 3 is 2.85 bits per heavy atom. The SMILES string of the molecule is O=C(Nc1ccc(F)c(C(F)(F)F)c1)N1[C@H]2CC[C@@H]1c1cncnc1C2. The maximum Gasteiger partial charge on any atom is 0.419 e. The molecule has 0 unspecified atom stereocenters. The Morgan fingerprint density at radius 2 is 2.08 bits per heavy atom. The number of hydrogen-bond donors (Lipinski definition) is 1. The van der Waals surface area contributed by atoms with Crippen molar-refractivity contribution in [1.82, 2.24) is 14.9 Å². The summed E-state index contributed by atoms with van der Waals surface area (Å²) in [5, 5.41) is 2.46. The lowest BCUT2D eigenvalue weighted by molar-refractivity contribution is -0.139. The maximum absolute atomic E-state index is 13.4. The normalized spacial score (nSPS) is 21.5. The summed E-state index contributed by atoms with van der Waals surface area (Å²) in [6.07, 6.45) is 0.422. The van der Waals surface area contributed by atoms with Crippen molar-refractivity contribution in [3.05, 3.63) is 53.4 Å². The Bertz CT molecular complexity index is 870. The molecule has 5 nitrogen and oxygen atoms in total. The molecule has 0 aliphatic carbocycles. The molecule has 2 aliphatic rings. The van der Waals surface area contributed by atoms with Gasteiger partial charge in [-0.15, -0.1) is 0 Å². The number of alkyl halides is 3. The van der Waals surface area contributed by atoms with Crippen LogP contribution in [0, 0.1) is 5.82 Å².